The van der Waals surface area contributed by atoms with E-state index in [4.69, 9.17) is 14.5 Å². The highest BCUT2D eigenvalue weighted by Gasteiger charge is 2.16. The average molecular weight is 269 g/mol. The van der Waals surface area contributed by atoms with Crippen molar-refractivity contribution < 1.29 is 9.26 Å². The number of rotatable bonds is 3. The molecule has 9 heteroatoms. The summed E-state index contributed by atoms with van der Waals surface area (Å²) in [7, 11) is 1.50. The number of nitriles is 1. The summed E-state index contributed by atoms with van der Waals surface area (Å²) < 4.78 is 10.0. The molecule has 0 spiro atoms. The third-order valence-electron chi connectivity index (χ3n) is 2.49. The van der Waals surface area contributed by atoms with Gasteiger partial charge in [-0.3, -0.25) is 5.10 Å². The molecule has 9 nitrogen and oxygen atoms in total. The van der Waals surface area contributed by atoms with Gasteiger partial charge in [-0.2, -0.15) is 15.3 Å². The monoisotopic (exact) mass is 269 g/mol. The third-order valence-corrected chi connectivity index (χ3v) is 2.49. The van der Waals surface area contributed by atoms with Crippen LogP contribution in [0.25, 0.3) is 23.0 Å². The van der Waals surface area contributed by atoms with Gasteiger partial charge in [0.1, 0.15) is 17.5 Å². The molecule has 0 fully saturated rings. The fraction of sp³-hybridized carbons (Fsp3) is 0.0909. The molecular weight excluding hydrogens is 262 g/mol. The predicted octanol–water partition coefficient (Wildman–Crippen LogP) is 0.797. The second-order valence-corrected chi connectivity index (χ2v) is 3.65. The number of nitrogens with one attached hydrogen (secondary N) is 1. The maximum atomic E-state index is 8.90. The lowest BCUT2D eigenvalue weighted by atomic mass is 10.2. The second-order valence-electron chi connectivity index (χ2n) is 3.65. The van der Waals surface area contributed by atoms with Crippen molar-refractivity contribution in [2.75, 3.05) is 7.11 Å². The summed E-state index contributed by atoms with van der Waals surface area (Å²) in [5.74, 6) is 0.835. The van der Waals surface area contributed by atoms with Crippen LogP contribution in [0.5, 0.6) is 5.88 Å². The van der Waals surface area contributed by atoms with E-state index in [0.29, 0.717) is 17.1 Å². The molecule has 0 amide bonds. The number of ether oxygens (including phenoxy) is 1. The molecule has 0 aliphatic carbocycles. The molecule has 0 aliphatic rings. The van der Waals surface area contributed by atoms with Crippen LogP contribution in [0.15, 0.2) is 22.9 Å². The molecule has 0 aromatic carbocycles. The van der Waals surface area contributed by atoms with Crippen molar-refractivity contribution in [2.24, 2.45) is 0 Å². The minimum Gasteiger partial charge on any atom is -0.480 e. The highest BCUT2D eigenvalue weighted by Crippen LogP contribution is 2.22. The first-order valence-corrected chi connectivity index (χ1v) is 5.47. The van der Waals surface area contributed by atoms with E-state index in [1.165, 1.54) is 13.3 Å². The summed E-state index contributed by atoms with van der Waals surface area (Å²) in [4.78, 5) is 4.15. The fourth-order valence-corrected chi connectivity index (χ4v) is 1.52. The van der Waals surface area contributed by atoms with Gasteiger partial charge >= 0.3 is 0 Å². The van der Waals surface area contributed by atoms with Crippen LogP contribution < -0.4 is 4.74 Å². The molecule has 0 saturated carbocycles. The highest BCUT2D eigenvalue weighted by molar-refractivity contribution is 5.61. The van der Waals surface area contributed by atoms with Crippen LogP contribution in [0.1, 0.15) is 5.69 Å². The molecule has 20 heavy (non-hydrogen) atoms. The Labute approximate surface area is 112 Å². The summed E-state index contributed by atoms with van der Waals surface area (Å²) in [6.45, 7) is 0. The molecule has 0 saturated heterocycles. The number of aromatic amines is 1. The molecular formula is C11H7N7O2. The van der Waals surface area contributed by atoms with E-state index in [2.05, 4.69) is 30.5 Å². The molecule has 0 bridgehead atoms. The fourth-order valence-electron chi connectivity index (χ4n) is 1.52. The molecule has 0 aliphatic heterocycles. The van der Waals surface area contributed by atoms with E-state index >= 15 is 0 Å². The number of nitrogens with zero attached hydrogens (tertiary/aromatic N) is 6. The van der Waals surface area contributed by atoms with Crippen LogP contribution in [-0.4, -0.2) is 37.6 Å². The normalized spacial score (nSPS) is 10.2. The van der Waals surface area contributed by atoms with Crippen molar-refractivity contribution in [3.8, 4) is 34.9 Å². The molecule has 1 N–H and O–H groups in total. The smallest absolute Gasteiger partial charge is 0.262 e. The van der Waals surface area contributed by atoms with Crippen molar-refractivity contribution in [1.29, 1.82) is 5.26 Å². The average Bonchev–Trinajstić information content (AvgIpc) is 3.15. The molecule has 0 radical (unpaired) electrons. The SMILES string of the molecule is COc1ccc(-c2noc(-c3cn[nH]c3C#N)n2)nn1. The number of methoxy groups -OCH3 is 1. The van der Waals surface area contributed by atoms with E-state index in [-0.39, 0.29) is 17.4 Å². The van der Waals surface area contributed by atoms with Gasteiger partial charge in [-0.1, -0.05) is 5.16 Å². The van der Waals surface area contributed by atoms with Crippen LogP contribution in [-0.2, 0) is 0 Å². The summed E-state index contributed by atoms with van der Waals surface area (Å²) in [6, 6.07) is 5.24. The zero-order chi connectivity index (χ0) is 13.9. The zero-order valence-corrected chi connectivity index (χ0v) is 10.2. The molecule has 3 aromatic rings. The molecule has 0 atom stereocenters. The maximum Gasteiger partial charge on any atom is 0.262 e. The van der Waals surface area contributed by atoms with Gasteiger partial charge in [0.15, 0.2) is 0 Å². The number of H-pyrrole nitrogens is 1. The van der Waals surface area contributed by atoms with Crippen LogP contribution in [0.4, 0.5) is 0 Å². The summed E-state index contributed by atoms with van der Waals surface area (Å²) in [5.41, 5.74) is 1.12. The Morgan fingerprint density at radius 2 is 2.25 bits per heavy atom. The summed E-state index contributed by atoms with van der Waals surface area (Å²) in [6.07, 6.45) is 1.44. The first-order chi connectivity index (χ1) is 9.81. The van der Waals surface area contributed by atoms with Gasteiger partial charge < -0.3 is 9.26 Å². The Morgan fingerprint density at radius 1 is 1.35 bits per heavy atom. The van der Waals surface area contributed by atoms with Gasteiger partial charge in [0, 0.05) is 6.07 Å². The van der Waals surface area contributed by atoms with Crippen molar-refractivity contribution in [1.82, 2.24) is 30.5 Å². The Morgan fingerprint density at radius 3 is 2.95 bits per heavy atom. The van der Waals surface area contributed by atoms with Gasteiger partial charge in [0.2, 0.25) is 11.7 Å². The van der Waals surface area contributed by atoms with E-state index in [1.54, 1.807) is 12.1 Å². The number of hydrogen-bond donors (Lipinski definition) is 1. The minimum atomic E-state index is 0.183. The molecule has 3 rings (SSSR count). The van der Waals surface area contributed by atoms with E-state index in [0.717, 1.165) is 0 Å². The van der Waals surface area contributed by atoms with Crippen molar-refractivity contribution >= 4 is 0 Å². The minimum absolute atomic E-state index is 0.183. The van der Waals surface area contributed by atoms with E-state index < -0.39 is 0 Å². The lowest BCUT2D eigenvalue weighted by Gasteiger charge is -1.96. The Balaban J connectivity index is 1.96. The molecule has 98 valence electrons. The Kier molecular flexibility index (Phi) is 2.81. The standard InChI is InChI=1S/C11H7N7O2/c1-19-9-3-2-7(16-17-9)10-14-11(20-18-10)6-5-13-15-8(6)4-12/h2-3,5H,1H3,(H,13,15). The third kappa shape index (κ3) is 1.95. The maximum absolute atomic E-state index is 8.90. The lowest BCUT2D eigenvalue weighted by molar-refractivity contribution is 0.392. The first kappa shape index (κ1) is 11.8. The largest absolute Gasteiger partial charge is 0.480 e. The highest BCUT2D eigenvalue weighted by atomic mass is 16.5. The van der Waals surface area contributed by atoms with E-state index in [1.807, 2.05) is 6.07 Å². The lowest BCUT2D eigenvalue weighted by Crippen LogP contribution is -1.93. The molecule has 3 aromatic heterocycles. The second kappa shape index (κ2) is 4.77. The zero-order valence-electron chi connectivity index (χ0n) is 10.2. The van der Waals surface area contributed by atoms with Crippen LogP contribution in [0, 0.1) is 11.3 Å². The quantitative estimate of drug-likeness (QED) is 0.739. The Bertz CT molecular complexity index is 769. The van der Waals surface area contributed by atoms with Crippen LogP contribution in [0.2, 0.25) is 0 Å². The predicted molar refractivity (Wildman–Crippen MR) is 64.2 cm³/mol. The molecule has 0 unspecified atom stereocenters. The van der Waals surface area contributed by atoms with Crippen molar-refractivity contribution in [3.63, 3.8) is 0 Å². The van der Waals surface area contributed by atoms with Gasteiger partial charge in [-0.15, -0.1) is 10.2 Å². The first-order valence-electron chi connectivity index (χ1n) is 5.47. The summed E-state index contributed by atoms with van der Waals surface area (Å²) in [5, 5.41) is 26.7. The van der Waals surface area contributed by atoms with Gasteiger partial charge in [-0.05, 0) is 6.07 Å². The van der Waals surface area contributed by atoms with Crippen molar-refractivity contribution in [2.45, 2.75) is 0 Å². The van der Waals surface area contributed by atoms with Gasteiger partial charge in [0.25, 0.3) is 5.89 Å². The summed E-state index contributed by atoms with van der Waals surface area (Å²) >= 11 is 0. The number of hydrogen-bond acceptors (Lipinski definition) is 8. The topological polar surface area (TPSA) is 126 Å². The van der Waals surface area contributed by atoms with Gasteiger partial charge in [0.05, 0.1) is 18.9 Å². The molecule has 3 heterocycles. The van der Waals surface area contributed by atoms with Crippen LogP contribution in [0.3, 0.4) is 0 Å². The number of aromatic nitrogens is 6. The van der Waals surface area contributed by atoms with Crippen molar-refractivity contribution in [3.05, 3.63) is 24.0 Å². The van der Waals surface area contributed by atoms with Gasteiger partial charge in [-0.25, -0.2) is 0 Å². The van der Waals surface area contributed by atoms with Crippen LogP contribution >= 0.6 is 0 Å². The Hall–Kier alpha value is -3.28. The van der Waals surface area contributed by atoms with E-state index in [9.17, 15) is 0 Å².